The highest BCUT2D eigenvalue weighted by Gasteiger charge is 2.34. The number of ether oxygens (including phenoxy) is 3. The van der Waals surface area contributed by atoms with Crippen LogP contribution in [0.1, 0.15) is 44.9 Å². The van der Waals surface area contributed by atoms with Crippen molar-refractivity contribution in [1.82, 2.24) is 4.57 Å². The Kier molecular flexibility index (Phi) is 7.96. The summed E-state index contributed by atoms with van der Waals surface area (Å²) in [7, 11) is 0. The van der Waals surface area contributed by atoms with Gasteiger partial charge < -0.3 is 14.2 Å². The van der Waals surface area contributed by atoms with Gasteiger partial charge in [0, 0.05) is 5.02 Å². The molecule has 4 rings (SSSR count). The van der Waals surface area contributed by atoms with Crippen LogP contribution < -0.4 is 24.4 Å². The smallest absolute Gasteiger partial charge is 0.338 e. The van der Waals surface area contributed by atoms with Crippen LogP contribution >= 0.6 is 22.9 Å². The van der Waals surface area contributed by atoms with E-state index in [1.165, 1.54) is 15.9 Å². The van der Waals surface area contributed by atoms with E-state index in [9.17, 15) is 9.59 Å². The number of esters is 1. The maximum absolute atomic E-state index is 13.7. The third kappa shape index (κ3) is 4.96. The molecule has 0 saturated heterocycles. The molecule has 2 heterocycles. The van der Waals surface area contributed by atoms with Crippen molar-refractivity contribution in [3.05, 3.63) is 89.6 Å². The van der Waals surface area contributed by atoms with E-state index in [1.807, 2.05) is 44.2 Å². The molecule has 0 N–H and O–H groups in total. The summed E-state index contributed by atoms with van der Waals surface area (Å²) in [6.45, 7) is 8.50. The molecule has 0 bridgehead atoms. The highest BCUT2D eigenvalue weighted by Crippen LogP contribution is 2.34. The lowest BCUT2D eigenvalue weighted by atomic mass is 9.96. The highest BCUT2D eigenvalue weighted by molar-refractivity contribution is 7.07. The van der Waals surface area contributed by atoms with E-state index in [0.717, 1.165) is 5.56 Å². The molecule has 1 aromatic heterocycles. The second-order valence-electron chi connectivity index (χ2n) is 7.90. The standard InChI is InChI=1S/C27H27ClN2O5S/c1-5-33-20-13-12-17(14-21(20)34-6-2)15-22-25(31)30-24(18-10-8-9-11-19(18)28)23(26(32)35-7-3)16(4)29-27(30)36-22/h8-15,24H,5-7H2,1-4H3/b22-15-. The highest BCUT2D eigenvalue weighted by atomic mass is 35.5. The first-order chi connectivity index (χ1) is 17.4. The van der Waals surface area contributed by atoms with Crippen LogP contribution in [0.5, 0.6) is 11.5 Å². The number of carbonyl (C=O) groups is 1. The fraction of sp³-hybridized carbons (Fsp3) is 0.296. The lowest BCUT2D eigenvalue weighted by Gasteiger charge is -2.25. The van der Waals surface area contributed by atoms with E-state index >= 15 is 0 Å². The molecule has 0 saturated carbocycles. The summed E-state index contributed by atoms with van der Waals surface area (Å²) in [5.74, 6) is 0.729. The summed E-state index contributed by atoms with van der Waals surface area (Å²) < 4.78 is 18.7. The Balaban J connectivity index is 1.91. The molecule has 36 heavy (non-hydrogen) atoms. The average Bonchev–Trinajstić information content (AvgIpc) is 3.15. The maximum atomic E-state index is 13.7. The Morgan fingerprint density at radius 1 is 1.08 bits per heavy atom. The maximum Gasteiger partial charge on any atom is 0.338 e. The van der Waals surface area contributed by atoms with Crippen LogP contribution in [0.3, 0.4) is 0 Å². The van der Waals surface area contributed by atoms with Gasteiger partial charge in [0.25, 0.3) is 5.56 Å². The molecule has 1 atom stereocenters. The van der Waals surface area contributed by atoms with Crippen LogP contribution in [0, 0.1) is 0 Å². The predicted molar refractivity (Wildman–Crippen MR) is 141 cm³/mol. The van der Waals surface area contributed by atoms with Gasteiger partial charge >= 0.3 is 5.97 Å². The second kappa shape index (κ2) is 11.1. The van der Waals surface area contributed by atoms with Crippen LogP contribution in [0.2, 0.25) is 5.02 Å². The number of hydrogen-bond donors (Lipinski definition) is 0. The van der Waals surface area contributed by atoms with Gasteiger partial charge in [-0.05, 0) is 63.1 Å². The van der Waals surface area contributed by atoms with Gasteiger partial charge in [0.2, 0.25) is 0 Å². The summed E-state index contributed by atoms with van der Waals surface area (Å²) in [4.78, 5) is 31.8. The number of hydrogen-bond acceptors (Lipinski definition) is 7. The Labute approximate surface area is 217 Å². The lowest BCUT2D eigenvalue weighted by Crippen LogP contribution is -2.40. The largest absolute Gasteiger partial charge is 0.490 e. The number of allylic oxidation sites excluding steroid dienone is 1. The van der Waals surface area contributed by atoms with Gasteiger partial charge in [-0.25, -0.2) is 9.79 Å². The Hall–Kier alpha value is -3.36. The van der Waals surface area contributed by atoms with Crippen LogP contribution in [-0.2, 0) is 9.53 Å². The number of halogens is 1. The molecule has 2 aromatic carbocycles. The minimum atomic E-state index is -0.754. The third-order valence-electron chi connectivity index (χ3n) is 5.58. The number of thiazole rings is 1. The lowest BCUT2D eigenvalue weighted by molar-refractivity contribution is -0.139. The van der Waals surface area contributed by atoms with Crippen LogP contribution in [0.4, 0.5) is 0 Å². The Morgan fingerprint density at radius 2 is 1.81 bits per heavy atom. The monoisotopic (exact) mass is 526 g/mol. The zero-order valence-electron chi connectivity index (χ0n) is 20.5. The molecule has 1 aliphatic rings. The predicted octanol–water partition coefficient (Wildman–Crippen LogP) is 4.25. The van der Waals surface area contributed by atoms with Crippen molar-refractivity contribution in [2.45, 2.75) is 33.7 Å². The average molecular weight is 527 g/mol. The molecule has 0 aliphatic carbocycles. The quantitative estimate of drug-likeness (QED) is 0.410. The van der Waals surface area contributed by atoms with E-state index in [2.05, 4.69) is 4.99 Å². The fourth-order valence-corrected chi connectivity index (χ4v) is 5.38. The van der Waals surface area contributed by atoms with Crippen molar-refractivity contribution >= 4 is 35.0 Å². The Morgan fingerprint density at radius 3 is 2.50 bits per heavy atom. The van der Waals surface area contributed by atoms with Crippen molar-refractivity contribution in [3.63, 3.8) is 0 Å². The van der Waals surface area contributed by atoms with Gasteiger partial charge in [-0.3, -0.25) is 9.36 Å². The van der Waals surface area contributed by atoms with Crippen molar-refractivity contribution in [2.24, 2.45) is 4.99 Å². The molecule has 1 unspecified atom stereocenters. The third-order valence-corrected chi connectivity index (χ3v) is 6.91. The fourth-order valence-electron chi connectivity index (χ4n) is 4.09. The molecule has 0 spiro atoms. The molecule has 1 aliphatic heterocycles. The van der Waals surface area contributed by atoms with Crippen LogP contribution in [-0.4, -0.2) is 30.4 Å². The van der Waals surface area contributed by atoms with E-state index < -0.39 is 12.0 Å². The number of aromatic nitrogens is 1. The van der Waals surface area contributed by atoms with Gasteiger partial charge in [-0.15, -0.1) is 0 Å². The molecule has 7 nitrogen and oxygen atoms in total. The molecular weight excluding hydrogens is 500 g/mol. The topological polar surface area (TPSA) is 79.1 Å². The first kappa shape index (κ1) is 25.7. The first-order valence-electron chi connectivity index (χ1n) is 11.7. The first-order valence-corrected chi connectivity index (χ1v) is 12.9. The minimum absolute atomic E-state index is 0.204. The van der Waals surface area contributed by atoms with Crippen LogP contribution in [0.25, 0.3) is 6.08 Å². The van der Waals surface area contributed by atoms with Gasteiger partial charge in [0.1, 0.15) is 6.04 Å². The number of rotatable bonds is 8. The molecule has 3 aromatic rings. The van der Waals surface area contributed by atoms with Crippen molar-refractivity contribution in [1.29, 1.82) is 0 Å². The normalized spacial score (nSPS) is 15.4. The summed E-state index contributed by atoms with van der Waals surface area (Å²) >= 11 is 7.80. The summed E-state index contributed by atoms with van der Waals surface area (Å²) in [5, 5.41) is 0.446. The zero-order chi connectivity index (χ0) is 25.8. The van der Waals surface area contributed by atoms with E-state index in [-0.39, 0.29) is 12.2 Å². The van der Waals surface area contributed by atoms with Gasteiger partial charge in [-0.2, -0.15) is 0 Å². The molecule has 188 valence electrons. The van der Waals surface area contributed by atoms with Crippen molar-refractivity contribution in [3.8, 4) is 11.5 Å². The number of benzene rings is 2. The van der Waals surface area contributed by atoms with E-state index in [0.29, 0.717) is 55.9 Å². The summed E-state index contributed by atoms with van der Waals surface area (Å²) in [5.41, 5.74) is 1.92. The molecule has 0 amide bonds. The van der Waals surface area contributed by atoms with Gasteiger partial charge in [0.15, 0.2) is 16.3 Å². The molecule has 9 heteroatoms. The SMILES string of the molecule is CCOC(=O)C1=C(C)N=c2s/c(=C\c3ccc(OCC)c(OCC)c3)c(=O)n2C1c1ccccc1Cl. The zero-order valence-corrected chi connectivity index (χ0v) is 22.1. The van der Waals surface area contributed by atoms with Gasteiger partial charge in [0.05, 0.1) is 35.6 Å². The number of fused-ring (bicyclic) bond motifs is 1. The Bertz CT molecular complexity index is 1510. The molecule has 0 fully saturated rings. The summed E-state index contributed by atoms with van der Waals surface area (Å²) in [6, 6.07) is 12.0. The minimum Gasteiger partial charge on any atom is -0.490 e. The number of nitrogens with zero attached hydrogens (tertiary/aromatic N) is 2. The molecule has 0 radical (unpaired) electrons. The summed E-state index contributed by atoms with van der Waals surface area (Å²) in [6.07, 6.45) is 1.79. The van der Waals surface area contributed by atoms with E-state index in [1.54, 1.807) is 32.1 Å². The van der Waals surface area contributed by atoms with Crippen LogP contribution in [0.15, 0.2) is 63.5 Å². The number of carbonyl (C=O) groups excluding carboxylic acids is 1. The molecular formula is C27H27ClN2O5S. The van der Waals surface area contributed by atoms with Crippen molar-refractivity contribution in [2.75, 3.05) is 19.8 Å². The van der Waals surface area contributed by atoms with Crippen molar-refractivity contribution < 1.29 is 19.0 Å². The second-order valence-corrected chi connectivity index (χ2v) is 9.31. The van der Waals surface area contributed by atoms with E-state index in [4.69, 9.17) is 25.8 Å². The van der Waals surface area contributed by atoms with Gasteiger partial charge in [-0.1, -0.05) is 47.2 Å².